The number of nitrogens with zero attached hydrogens (tertiary/aromatic N) is 1. The van der Waals surface area contributed by atoms with Crippen molar-refractivity contribution >= 4 is 0 Å². The zero-order chi connectivity index (χ0) is 7.99. The van der Waals surface area contributed by atoms with Crippen LogP contribution in [0.4, 0.5) is 0 Å². The minimum Gasteiger partial charge on any atom is -0.328 e. The van der Waals surface area contributed by atoms with E-state index in [1.165, 1.54) is 17.6 Å². The molecule has 1 fully saturated rings. The van der Waals surface area contributed by atoms with Crippen molar-refractivity contribution in [3.05, 3.63) is 0 Å². The third-order valence-corrected chi connectivity index (χ3v) is 2.65. The fourth-order valence-corrected chi connectivity index (χ4v) is 1.69. The third-order valence-electron chi connectivity index (χ3n) is 2.65. The maximum absolute atomic E-state index is 2.34. The van der Waals surface area contributed by atoms with Crippen molar-refractivity contribution in [2.75, 3.05) is 27.2 Å². The van der Waals surface area contributed by atoms with Gasteiger partial charge in [-0.1, -0.05) is 20.8 Å². The van der Waals surface area contributed by atoms with E-state index < -0.39 is 0 Å². The number of hydrogen-bond acceptors (Lipinski definition) is 0. The van der Waals surface area contributed by atoms with Gasteiger partial charge in [-0.3, -0.25) is 0 Å². The Morgan fingerprint density at radius 1 is 1.10 bits per heavy atom. The van der Waals surface area contributed by atoms with Crippen LogP contribution >= 0.6 is 0 Å². The Morgan fingerprint density at radius 2 is 1.50 bits per heavy atom. The SMILES string of the molecule is CC(C)(C)C1C[N+](C)(C)C1. The van der Waals surface area contributed by atoms with Crippen LogP contribution in [0.5, 0.6) is 0 Å². The van der Waals surface area contributed by atoms with Crippen molar-refractivity contribution in [1.29, 1.82) is 0 Å². The number of hydrogen-bond donors (Lipinski definition) is 0. The molecule has 60 valence electrons. The highest BCUT2D eigenvalue weighted by Crippen LogP contribution is 2.35. The van der Waals surface area contributed by atoms with Crippen molar-refractivity contribution in [2.45, 2.75) is 20.8 Å². The maximum atomic E-state index is 2.34. The van der Waals surface area contributed by atoms with Gasteiger partial charge in [0.1, 0.15) is 0 Å². The summed E-state index contributed by atoms with van der Waals surface area (Å²) in [5, 5.41) is 0. The molecule has 0 aliphatic carbocycles. The molecule has 0 bridgehead atoms. The molecule has 1 heteroatoms. The smallest absolute Gasteiger partial charge is 0.0870 e. The van der Waals surface area contributed by atoms with Gasteiger partial charge in [-0.05, 0) is 5.41 Å². The van der Waals surface area contributed by atoms with E-state index in [0.717, 1.165) is 5.92 Å². The second-order valence-corrected chi connectivity index (χ2v) is 5.36. The largest absolute Gasteiger partial charge is 0.328 e. The first-order chi connectivity index (χ1) is 4.31. The zero-order valence-electron chi connectivity index (χ0n) is 7.94. The quantitative estimate of drug-likeness (QED) is 0.452. The van der Waals surface area contributed by atoms with E-state index in [4.69, 9.17) is 0 Å². The van der Waals surface area contributed by atoms with Gasteiger partial charge < -0.3 is 4.48 Å². The summed E-state index contributed by atoms with van der Waals surface area (Å²) in [4.78, 5) is 0. The van der Waals surface area contributed by atoms with Crippen LogP contribution in [0.15, 0.2) is 0 Å². The second-order valence-electron chi connectivity index (χ2n) is 5.36. The van der Waals surface area contributed by atoms with Crippen LogP contribution < -0.4 is 0 Å². The van der Waals surface area contributed by atoms with Crippen LogP contribution in [0.1, 0.15) is 20.8 Å². The molecule has 0 amide bonds. The van der Waals surface area contributed by atoms with Gasteiger partial charge in [0.15, 0.2) is 0 Å². The highest BCUT2D eigenvalue weighted by Gasteiger charge is 2.43. The molecular formula is C9H20N+. The molecule has 0 spiro atoms. The van der Waals surface area contributed by atoms with Gasteiger partial charge in [0.05, 0.1) is 33.1 Å². The normalized spacial score (nSPS) is 26.1. The highest BCUT2D eigenvalue weighted by molar-refractivity contribution is 4.78. The van der Waals surface area contributed by atoms with Crippen molar-refractivity contribution in [3.8, 4) is 0 Å². The van der Waals surface area contributed by atoms with E-state index in [1.54, 1.807) is 0 Å². The van der Waals surface area contributed by atoms with E-state index in [9.17, 15) is 0 Å². The van der Waals surface area contributed by atoms with Gasteiger partial charge in [-0.25, -0.2) is 0 Å². The lowest BCUT2D eigenvalue weighted by molar-refractivity contribution is -0.941. The Balaban J connectivity index is 2.40. The molecular weight excluding hydrogens is 122 g/mol. The van der Waals surface area contributed by atoms with Crippen molar-refractivity contribution in [2.24, 2.45) is 11.3 Å². The van der Waals surface area contributed by atoms with Crippen LogP contribution in [-0.2, 0) is 0 Å². The topological polar surface area (TPSA) is 0 Å². The molecule has 0 saturated carbocycles. The van der Waals surface area contributed by atoms with Crippen LogP contribution in [-0.4, -0.2) is 31.7 Å². The van der Waals surface area contributed by atoms with Crippen LogP contribution in [0.2, 0.25) is 0 Å². The minimum absolute atomic E-state index is 0.535. The lowest BCUT2D eigenvalue weighted by Crippen LogP contribution is -2.61. The molecule has 0 unspecified atom stereocenters. The molecule has 1 aliphatic rings. The minimum atomic E-state index is 0.535. The first-order valence-electron chi connectivity index (χ1n) is 4.13. The second kappa shape index (κ2) is 1.97. The summed E-state index contributed by atoms with van der Waals surface area (Å²) in [6.45, 7) is 9.76. The molecule has 0 radical (unpaired) electrons. The molecule has 0 atom stereocenters. The van der Waals surface area contributed by atoms with E-state index in [2.05, 4.69) is 34.9 Å². The number of likely N-dealkylation sites (tertiary alicyclic amines) is 1. The monoisotopic (exact) mass is 142 g/mol. The van der Waals surface area contributed by atoms with Crippen molar-refractivity contribution in [1.82, 2.24) is 0 Å². The van der Waals surface area contributed by atoms with Gasteiger partial charge in [-0.15, -0.1) is 0 Å². The molecule has 10 heavy (non-hydrogen) atoms. The van der Waals surface area contributed by atoms with E-state index in [-0.39, 0.29) is 0 Å². The molecule has 1 heterocycles. The molecule has 1 saturated heterocycles. The van der Waals surface area contributed by atoms with E-state index in [1.807, 2.05) is 0 Å². The predicted molar refractivity (Wildman–Crippen MR) is 44.8 cm³/mol. The standard InChI is InChI=1S/C9H20N/c1-9(2,3)8-6-10(4,5)7-8/h8H,6-7H2,1-5H3/q+1. The van der Waals surface area contributed by atoms with Gasteiger partial charge in [0.2, 0.25) is 0 Å². The average Bonchev–Trinajstić information content (AvgIpc) is 1.56. The molecule has 0 aromatic carbocycles. The lowest BCUT2D eigenvalue weighted by Gasteiger charge is -2.49. The summed E-state index contributed by atoms with van der Waals surface area (Å²) < 4.78 is 1.22. The van der Waals surface area contributed by atoms with E-state index in [0.29, 0.717) is 5.41 Å². The zero-order valence-corrected chi connectivity index (χ0v) is 7.94. The summed E-state index contributed by atoms with van der Waals surface area (Å²) in [6.07, 6.45) is 0. The fraction of sp³-hybridized carbons (Fsp3) is 1.00. The molecule has 1 rings (SSSR count). The van der Waals surface area contributed by atoms with Crippen molar-refractivity contribution < 1.29 is 4.48 Å². The first-order valence-corrected chi connectivity index (χ1v) is 4.13. The Kier molecular flexibility index (Phi) is 1.59. The van der Waals surface area contributed by atoms with Crippen molar-refractivity contribution in [3.63, 3.8) is 0 Å². The van der Waals surface area contributed by atoms with E-state index >= 15 is 0 Å². The van der Waals surface area contributed by atoms with Gasteiger partial charge in [0.25, 0.3) is 0 Å². The summed E-state index contributed by atoms with van der Waals surface area (Å²) in [7, 11) is 4.62. The lowest BCUT2D eigenvalue weighted by atomic mass is 9.75. The fourth-order valence-electron chi connectivity index (χ4n) is 1.69. The van der Waals surface area contributed by atoms with Gasteiger partial charge in [-0.2, -0.15) is 0 Å². The summed E-state index contributed by atoms with van der Waals surface area (Å²) in [5.41, 5.74) is 0.535. The Labute approximate surface area is 64.6 Å². The molecule has 1 nitrogen and oxygen atoms in total. The summed E-state index contributed by atoms with van der Waals surface area (Å²) >= 11 is 0. The molecule has 0 aromatic heterocycles. The highest BCUT2D eigenvalue weighted by atomic mass is 15.4. The Bertz CT molecular complexity index is 122. The Morgan fingerprint density at radius 3 is 1.60 bits per heavy atom. The molecule has 0 aromatic rings. The van der Waals surface area contributed by atoms with Gasteiger partial charge >= 0.3 is 0 Å². The average molecular weight is 142 g/mol. The summed E-state index contributed by atoms with van der Waals surface area (Å²) in [5.74, 6) is 0.947. The van der Waals surface area contributed by atoms with Crippen LogP contribution in [0, 0.1) is 11.3 Å². The number of rotatable bonds is 0. The maximum Gasteiger partial charge on any atom is 0.0870 e. The number of quaternary nitrogens is 1. The summed E-state index contributed by atoms with van der Waals surface area (Å²) in [6, 6.07) is 0. The van der Waals surface area contributed by atoms with Gasteiger partial charge in [0, 0.05) is 0 Å². The first kappa shape index (κ1) is 8.06. The Hall–Kier alpha value is -0.0400. The molecule has 0 N–H and O–H groups in total. The third kappa shape index (κ3) is 1.51. The van der Waals surface area contributed by atoms with Crippen LogP contribution in [0.25, 0.3) is 0 Å². The molecule has 1 aliphatic heterocycles. The van der Waals surface area contributed by atoms with Crippen LogP contribution in [0.3, 0.4) is 0 Å². The predicted octanol–water partition coefficient (Wildman–Crippen LogP) is 1.74.